The minimum absolute atomic E-state index is 0.0644. The van der Waals surface area contributed by atoms with Crippen molar-refractivity contribution in [3.05, 3.63) is 24.2 Å². The van der Waals surface area contributed by atoms with Crippen LogP contribution >= 0.6 is 0 Å². The maximum Gasteiger partial charge on any atom is 0.202 e. The monoisotopic (exact) mass is 249 g/mol. The lowest BCUT2D eigenvalue weighted by atomic mass is 10.3. The number of guanidine groups is 2. The molecule has 0 saturated carbocycles. The number of nitrogens with one attached hydrogen (secondary N) is 1. The highest BCUT2D eigenvalue weighted by Crippen LogP contribution is 2.07. The van der Waals surface area contributed by atoms with E-state index in [0.29, 0.717) is 0 Å². The lowest BCUT2D eigenvalue weighted by Crippen LogP contribution is -2.49. The number of rotatable bonds is 2. The molecule has 0 spiro atoms. The molecular formula is C12H19N5O. The summed E-state index contributed by atoms with van der Waals surface area (Å²) in [5.41, 5.74) is 1.11. The molecule has 1 aromatic rings. The van der Waals surface area contributed by atoms with E-state index >= 15 is 0 Å². The van der Waals surface area contributed by atoms with Gasteiger partial charge in [0.1, 0.15) is 6.17 Å². The quantitative estimate of drug-likeness (QED) is 0.847. The summed E-state index contributed by atoms with van der Waals surface area (Å²) in [7, 11) is 5.90. The first-order valence-electron chi connectivity index (χ1n) is 5.88. The predicted octanol–water partition coefficient (Wildman–Crippen LogP) is 0.934. The van der Waals surface area contributed by atoms with Gasteiger partial charge in [-0.2, -0.15) is 0 Å². The Morgan fingerprint density at radius 1 is 1.28 bits per heavy atom. The average Bonchev–Trinajstić information content (AvgIpc) is 2.80. The van der Waals surface area contributed by atoms with Crippen LogP contribution in [0, 0.1) is 0 Å². The summed E-state index contributed by atoms with van der Waals surface area (Å²) in [6.45, 7) is 2.71. The van der Waals surface area contributed by atoms with Gasteiger partial charge in [0, 0.05) is 33.3 Å². The molecule has 1 N–H and O–H groups in total. The molecule has 1 aliphatic rings. The summed E-state index contributed by atoms with van der Waals surface area (Å²) >= 11 is 0. The van der Waals surface area contributed by atoms with Crippen LogP contribution in [0.25, 0.3) is 0 Å². The maximum atomic E-state index is 5.06. The fraction of sp³-hybridized carbons (Fsp3) is 0.500. The number of nitrogens with zero attached hydrogens (tertiary/aromatic N) is 4. The van der Waals surface area contributed by atoms with Gasteiger partial charge in [-0.05, 0) is 13.0 Å². The van der Waals surface area contributed by atoms with Gasteiger partial charge in [0.2, 0.25) is 11.9 Å². The molecule has 98 valence electrons. The minimum Gasteiger partial charge on any atom is -0.472 e. The smallest absolute Gasteiger partial charge is 0.202 e. The van der Waals surface area contributed by atoms with Gasteiger partial charge >= 0.3 is 0 Å². The Hall–Kier alpha value is -1.98. The van der Waals surface area contributed by atoms with Crippen LogP contribution in [0.15, 0.2) is 33.0 Å². The van der Waals surface area contributed by atoms with E-state index in [2.05, 4.69) is 15.3 Å². The second kappa shape index (κ2) is 5.12. The number of hydrogen-bond donors (Lipinski definition) is 1. The second-order valence-corrected chi connectivity index (χ2v) is 4.54. The average molecular weight is 249 g/mol. The number of hydrogen-bond acceptors (Lipinski definition) is 6. The zero-order chi connectivity index (χ0) is 13.1. The van der Waals surface area contributed by atoms with Crippen LogP contribution in [0.1, 0.15) is 12.5 Å². The Labute approximate surface area is 107 Å². The normalized spacial score (nSPS) is 18.8. The van der Waals surface area contributed by atoms with E-state index in [0.717, 1.165) is 24.0 Å². The summed E-state index contributed by atoms with van der Waals surface area (Å²) in [6.07, 6.45) is 3.35. The van der Waals surface area contributed by atoms with Crippen LogP contribution in [0.5, 0.6) is 0 Å². The topological polar surface area (TPSA) is 56.4 Å². The first-order valence-corrected chi connectivity index (χ1v) is 5.88. The highest BCUT2D eigenvalue weighted by atomic mass is 16.3. The fourth-order valence-corrected chi connectivity index (χ4v) is 1.70. The van der Waals surface area contributed by atoms with Crippen LogP contribution in [-0.4, -0.2) is 49.0 Å². The van der Waals surface area contributed by atoms with E-state index in [-0.39, 0.29) is 6.17 Å². The fourth-order valence-electron chi connectivity index (χ4n) is 1.70. The zero-order valence-corrected chi connectivity index (χ0v) is 11.2. The zero-order valence-electron chi connectivity index (χ0n) is 11.2. The highest BCUT2D eigenvalue weighted by molar-refractivity contribution is 5.99. The molecule has 18 heavy (non-hydrogen) atoms. The Bertz CT molecular complexity index is 449. The van der Waals surface area contributed by atoms with E-state index in [1.807, 2.05) is 43.9 Å². The van der Waals surface area contributed by atoms with Crippen molar-refractivity contribution < 1.29 is 4.42 Å². The molecule has 0 fully saturated rings. The first kappa shape index (κ1) is 12.5. The van der Waals surface area contributed by atoms with Gasteiger partial charge in [-0.1, -0.05) is 0 Å². The van der Waals surface area contributed by atoms with E-state index < -0.39 is 0 Å². The Kier molecular flexibility index (Phi) is 3.55. The molecular weight excluding hydrogens is 230 g/mol. The molecule has 0 saturated heterocycles. The van der Waals surface area contributed by atoms with Crippen LogP contribution in [0.4, 0.5) is 0 Å². The van der Waals surface area contributed by atoms with Crippen molar-refractivity contribution in [1.82, 2.24) is 15.1 Å². The maximum absolute atomic E-state index is 5.06. The summed E-state index contributed by atoms with van der Waals surface area (Å²) in [6, 6.07) is 1.95. The number of aliphatic imine (C=N–C) groups is 2. The molecule has 1 unspecified atom stereocenters. The molecule has 6 nitrogen and oxygen atoms in total. The summed E-state index contributed by atoms with van der Waals surface area (Å²) in [4.78, 5) is 12.9. The molecule has 1 aromatic heterocycles. The molecule has 6 heteroatoms. The minimum atomic E-state index is -0.0644. The van der Waals surface area contributed by atoms with Crippen LogP contribution < -0.4 is 5.32 Å². The van der Waals surface area contributed by atoms with Gasteiger partial charge in [0.15, 0.2) is 0 Å². The first-order chi connectivity index (χ1) is 8.56. The number of furan rings is 1. The molecule has 0 bridgehead atoms. The van der Waals surface area contributed by atoms with E-state index in [1.165, 1.54) is 0 Å². The summed E-state index contributed by atoms with van der Waals surface area (Å²) < 4.78 is 5.06. The van der Waals surface area contributed by atoms with Gasteiger partial charge in [0.05, 0.1) is 12.5 Å². The summed E-state index contributed by atoms with van der Waals surface area (Å²) in [5.74, 6) is 1.65. The van der Waals surface area contributed by atoms with Crippen molar-refractivity contribution in [3.8, 4) is 0 Å². The van der Waals surface area contributed by atoms with Gasteiger partial charge in [-0.3, -0.25) is 5.32 Å². The largest absolute Gasteiger partial charge is 0.472 e. The van der Waals surface area contributed by atoms with Gasteiger partial charge in [-0.25, -0.2) is 9.98 Å². The van der Waals surface area contributed by atoms with Crippen LogP contribution in [-0.2, 0) is 6.54 Å². The molecule has 0 aromatic carbocycles. The Balaban J connectivity index is 2.04. The van der Waals surface area contributed by atoms with Crippen molar-refractivity contribution in [2.45, 2.75) is 19.6 Å². The molecule has 2 rings (SSSR count). The molecule has 0 amide bonds. The summed E-state index contributed by atoms with van der Waals surface area (Å²) in [5, 5.41) is 3.22. The molecule has 1 atom stereocenters. The van der Waals surface area contributed by atoms with Crippen LogP contribution in [0.3, 0.4) is 0 Å². The van der Waals surface area contributed by atoms with Crippen molar-refractivity contribution in [2.75, 3.05) is 21.1 Å². The molecule has 0 aliphatic carbocycles. The molecule has 2 heterocycles. The van der Waals surface area contributed by atoms with E-state index in [1.54, 1.807) is 12.5 Å². The van der Waals surface area contributed by atoms with Crippen molar-refractivity contribution in [2.24, 2.45) is 9.98 Å². The second-order valence-electron chi connectivity index (χ2n) is 4.54. The highest BCUT2D eigenvalue weighted by Gasteiger charge is 2.17. The van der Waals surface area contributed by atoms with Gasteiger partial charge < -0.3 is 14.2 Å². The van der Waals surface area contributed by atoms with Gasteiger partial charge in [-0.15, -0.1) is 0 Å². The van der Waals surface area contributed by atoms with Crippen molar-refractivity contribution >= 4 is 11.9 Å². The van der Waals surface area contributed by atoms with Gasteiger partial charge in [0.25, 0.3) is 0 Å². The van der Waals surface area contributed by atoms with Crippen LogP contribution in [0.2, 0.25) is 0 Å². The molecule has 0 radical (unpaired) electrons. The predicted molar refractivity (Wildman–Crippen MR) is 71.3 cm³/mol. The van der Waals surface area contributed by atoms with E-state index in [9.17, 15) is 0 Å². The third-order valence-electron chi connectivity index (χ3n) is 2.63. The van der Waals surface area contributed by atoms with E-state index in [4.69, 9.17) is 4.42 Å². The lowest BCUT2D eigenvalue weighted by Gasteiger charge is -2.28. The Morgan fingerprint density at radius 2 is 2.00 bits per heavy atom. The Morgan fingerprint density at radius 3 is 2.61 bits per heavy atom. The molecule has 1 aliphatic heterocycles. The van der Waals surface area contributed by atoms with Crippen molar-refractivity contribution in [1.29, 1.82) is 0 Å². The third kappa shape index (κ3) is 2.82. The third-order valence-corrected chi connectivity index (χ3v) is 2.63. The standard InChI is InChI=1S/C12H19N5O/c1-9-13-11(16(2)3)15-12(14-9)17(4)7-10-5-6-18-8-10/h5-6,8-9H,7H2,1-4H3,(H,13,14,15). The van der Waals surface area contributed by atoms with Crippen molar-refractivity contribution in [3.63, 3.8) is 0 Å². The lowest BCUT2D eigenvalue weighted by molar-refractivity contribution is 0.464. The SMILES string of the molecule is CC1N=C(N(C)C)NC(N(C)Cc2ccoc2)=N1.